The molecule has 1 heterocycles. The van der Waals surface area contributed by atoms with E-state index < -0.39 is 11.9 Å². The Morgan fingerprint density at radius 1 is 1.00 bits per heavy atom. The molecule has 8 heteroatoms. The van der Waals surface area contributed by atoms with Crippen molar-refractivity contribution < 1.29 is 19.1 Å². The molecule has 1 aromatic heterocycles. The highest BCUT2D eigenvalue weighted by Crippen LogP contribution is 2.23. The summed E-state index contributed by atoms with van der Waals surface area (Å²) in [7, 11) is 2.84. The summed E-state index contributed by atoms with van der Waals surface area (Å²) >= 11 is 0. The molecule has 0 fully saturated rings. The number of methoxy groups -OCH3 is 2. The second-order valence-corrected chi connectivity index (χ2v) is 5.62. The quantitative estimate of drug-likeness (QED) is 0.635. The Morgan fingerprint density at radius 2 is 1.82 bits per heavy atom. The Kier molecular flexibility index (Phi) is 5.81. The van der Waals surface area contributed by atoms with Gasteiger partial charge in [0, 0.05) is 11.9 Å². The van der Waals surface area contributed by atoms with E-state index in [1.807, 2.05) is 6.07 Å². The number of esters is 1. The van der Waals surface area contributed by atoms with Crippen LogP contribution in [-0.4, -0.2) is 36.1 Å². The minimum Gasteiger partial charge on any atom is -0.495 e. The van der Waals surface area contributed by atoms with E-state index in [4.69, 9.17) is 9.47 Å². The van der Waals surface area contributed by atoms with Gasteiger partial charge in [-0.3, -0.25) is 4.79 Å². The number of amides is 1. The first-order valence-corrected chi connectivity index (χ1v) is 8.33. The number of nitrogens with one attached hydrogen (secondary N) is 2. The predicted molar refractivity (Wildman–Crippen MR) is 104 cm³/mol. The summed E-state index contributed by atoms with van der Waals surface area (Å²) in [6.07, 6.45) is 1.47. The van der Waals surface area contributed by atoms with Crippen LogP contribution in [0.1, 0.15) is 20.8 Å². The van der Waals surface area contributed by atoms with Crippen LogP contribution in [0.25, 0.3) is 0 Å². The molecular formula is C20H18N4O4. The van der Waals surface area contributed by atoms with E-state index in [0.29, 0.717) is 22.7 Å². The lowest BCUT2D eigenvalue weighted by Gasteiger charge is -2.10. The van der Waals surface area contributed by atoms with Crippen LogP contribution in [0.2, 0.25) is 0 Å². The third-order valence-corrected chi connectivity index (χ3v) is 3.78. The highest BCUT2D eigenvalue weighted by atomic mass is 16.5. The van der Waals surface area contributed by atoms with Crippen molar-refractivity contribution in [3.8, 4) is 5.75 Å². The van der Waals surface area contributed by atoms with E-state index in [-0.39, 0.29) is 11.6 Å². The van der Waals surface area contributed by atoms with E-state index in [0.717, 1.165) is 0 Å². The molecule has 142 valence electrons. The Bertz CT molecular complexity index is 1010. The molecule has 2 aromatic carbocycles. The molecule has 0 bridgehead atoms. The maximum atomic E-state index is 12.5. The van der Waals surface area contributed by atoms with Crippen molar-refractivity contribution in [3.63, 3.8) is 0 Å². The van der Waals surface area contributed by atoms with Gasteiger partial charge in [-0.05, 0) is 36.4 Å². The fourth-order valence-electron chi connectivity index (χ4n) is 2.45. The highest BCUT2D eigenvalue weighted by Gasteiger charge is 2.12. The van der Waals surface area contributed by atoms with Crippen LogP contribution in [0.15, 0.2) is 60.8 Å². The number of para-hydroxylation sites is 2. The zero-order valence-corrected chi connectivity index (χ0v) is 15.3. The van der Waals surface area contributed by atoms with Crippen LogP contribution >= 0.6 is 0 Å². The minimum atomic E-state index is -0.450. The second-order valence-electron chi connectivity index (χ2n) is 5.62. The molecule has 1 amide bonds. The fraction of sp³-hybridized carbons (Fsp3) is 0.100. The van der Waals surface area contributed by atoms with Gasteiger partial charge in [-0.1, -0.05) is 18.2 Å². The number of carbonyl (C=O) groups excluding carboxylic acids is 2. The Labute approximate surface area is 161 Å². The van der Waals surface area contributed by atoms with Gasteiger partial charge >= 0.3 is 5.97 Å². The van der Waals surface area contributed by atoms with Crippen LogP contribution in [0.3, 0.4) is 0 Å². The molecule has 0 aliphatic rings. The highest BCUT2D eigenvalue weighted by molar-refractivity contribution is 6.03. The summed E-state index contributed by atoms with van der Waals surface area (Å²) < 4.78 is 9.93. The number of hydrogen-bond donors (Lipinski definition) is 2. The zero-order valence-electron chi connectivity index (χ0n) is 15.3. The monoisotopic (exact) mass is 378 g/mol. The van der Waals surface area contributed by atoms with E-state index in [1.54, 1.807) is 42.5 Å². The van der Waals surface area contributed by atoms with Crippen LogP contribution in [0.5, 0.6) is 5.75 Å². The Morgan fingerprint density at radius 3 is 2.61 bits per heavy atom. The topological polar surface area (TPSA) is 102 Å². The number of aromatic nitrogens is 2. The van der Waals surface area contributed by atoms with Crippen LogP contribution < -0.4 is 15.4 Å². The lowest BCUT2D eigenvalue weighted by atomic mass is 10.2. The lowest BCUT2D eigenvalue weighted by Crippen LogP contribution is -2.15. The van der Waals surface area contributed by atoms with Crippen molar-refractivity contribution in [1.29, 1.82) is 0 Å². The van der Waals surface area contributed by atoms with Gasteiger partial charge in [0.15, 0.2) is 0 Å². The summed E-state index contributed by atoms with van der Waals surface area (Å²) in [6.45, 7) is 0. The molecule has 0 saturated heterocycles. The average Bonchev–Trinajstić information content (AvgIpc) is 2.74. The van der Waals surface area contributed by atoms with E-state index in [9.17, 15) is 9.59 Å². The summed E-state index contributed by atoms with van der Waals surface area (Å²) in [5.41, 5.74) is 1.68. The smallest absolute Gasteiger partial charge is 0.337 e. The van der Waals surface area contributed by atoms with Crippen LogP contribution in [-0.2, 0) is 4.74 Å². The Hall–Kier alpha value is -3.94. The summed E-state index contributed by atoms with van der Waals surface area (Å²) in [6, 6.07) is 15.3. The van der Waals surface area contributed by atoms with Crippen molar-refractivity contribution in [2.45, 2.75) is 0 Å². The fourth-order valence-corrected chi connectivity index (χ4v) is 2.45. The zero-order chi connectivity index (χ0) is 19.9. The molecule has 0 atom stereocenters. The van der Waals surface area contributed by atoms with Gasteiger partial charge in [0.05, 0.1) is 25.5 Å². The van der Waals surface area contributed by atoms with E-state index >= 15 is 0 Å². The molecule has 2 N–H and O–H groups in total. The molecule has 0 radical (unpaired) electrons. The third kappa shape index (κ3) is 4.42. The van der Waals surface area contributed by atoms with Crippen molar-refractivity contribution >= 4 is 29.2 Å². The summed E-state index contributed by atoms with van der Waals surface area (Å²) in [5, 5.41) is 5.73. The summed E-state index contributed by atoms with van der Waals surface area (Å²) in [4.78, 5) is 32.5. The number of benzene rings is 2. The molecule has 0 unspecified atom stereocenters. The van der Waals surface area contributed by atoms with Gasteiger partial charge < -0.3 is 20.1 Å². The third-order valence-electron chi connectivity index (χ3n) is 3.78. The van der Waals surface area contributed by atoms with Crippen LogP contribution in [0.4, 0.5) is 17.3 Å². The van der Waals surface area contributed by atoms with Gasteiger partial charge in [0.25, 0.3) is 5.91 Å². The lowest BCUT2D eigenvalue weighted by molar-refractivity contribution is 0.0600. The standard InChI is InChI=1S/C20H18N4O4/c1-27-17-9-4-3-8-15(17)23-18(25)16-10-11-21-20(24-16)22-14-7-5-6-13(12-14)19(26)28-2/h3-12H,1-2H3,(H,23,25)(H,21,22,24). The van der Waals surface area contributed by atoms with Crippen molar-refractivity contribution in [2.75, 3.05) is 24.9 Å². The van der Waals surface area contributed by atoms with Crippen molar-refractivity contribution in [3.05, 3.63) is 72.1 Å². The number of ether oxygens (including phenoxy) is 2. The molecule has 3 rings (SSSR count). The van der Waals surface area contributed by atoms with Crippen molar-refractivity contribution in [1.82, 2.24) is 9.97 Å². The number of hydrogen-bond acceptors (Lipinski definition) is 7. The maximum Gasteiger partial charge on any atom is 0.337 e. The molecule has 0 spiro atoms. The molecule has 0 saturated carbocycles. The molecule has 8 nitrogen and oxygen atoms in total. The van der Waals surface area contributed by atoms with Gasteiger partial charge in [0.2, 0.25) is 5.95 Å². The normalized spacial score (nSPS) is 10.1. The number of carbonyl (C=O) groups is 2. The van der Waals surface area contributed by atoms with E-state index in [2.05, 4.69) is 20.6 Å². The first-order chi connectivity index (χ1) is 13.6. The van der Waals surface area contributed by atoms with E-state index in [1.165, 1.54) is 26.5 Å². The van der Waals surface area contributed by atoms with Gasteiger partial charge in [-0.15, -0.1) is 0 Å². The second kappa shape index (κ2) is 8.63. The molecular weight excluding hydrogens is 360 g/mol. The predicted octanol–water partition coefficient (Wildman–Crippen LogP) is 3.27. The Balaban J connectivity index is 1.77. The van der Waals surface area contributed by atoms with Gasteiger partial charge in [-0.25, -0.2) is 14.8 Å². The first kappa shape index (κ1) is 18.8. The number of rotatable bonds is 6. The van der Waals surface area contributed by atoms with Crippen LogP contribution in [0, 0.1) is 0 Å². The van der Waals surface area contributed by atoms with Crippen molar-refractivity contribution in [2.24, 2.45) is 0 Å². The number of nitrogens with zero attached hydrogens (tertiary/aromatic N) is 2. The molecule has 0 aliphatic heterocycles. The minimum absolute atomic E-state index is 0.174. The van der Waals surface area contributed by atoms with Gasteiger partial charge in [-0.2, -0.15) is 0 Å². The average molecular weight is 378 g/mol. The maximum absolute atomic E-state index is 12.5. The number of anilines is 3. The summed E-state index contributed by atoms with van der Waals surface area (Å²) in [5.74, 6) is -0.0923. The first-order valence-electron chi connectivity index (χ1n) is 8.33. The van der Waals surface area contributed by atoms with Gasteiger partial charge in [0.1, 0.15) is 11.4 Å². The molecule has 28 heavy (non-hydrogen) atoms. The SMILES string of the molecule is COC(=O)c1cccc(Nc2nccc(C(=O)Nc3ccccc3OC)n2)c1. The largest absolute Gasteiger partial charge is 0.495 e. The molecule has 0 aliphatic carbocycles. The molecule has 3 aromatic rings.